The molecule has 4 nitrogen and oxygen atoms in total. The molecule has 1 heterocycles. The van der Waals surface area contributed by atoms with Crippen molar-refractivity contribution in [2.45, 2.75) is 6.54 Å². The normalized spacial score (nSPS) is 11.1. The molecule has 0 aliphatic rings. The second-order valence-corrected chi connectivity index (χ2v) is 5.68. The Morgan fingerprint density at radius 2 is 1.96 bits per heavy atom. The highest BCUT2D eigenvalue weighted by molar-refractivity contribution is 7.80. The van der Waals surface area contributed by atoms with Crippen molar-refractivity contribution in [1.82, 2.24) is 15.3 Å². The molecule has 0 saturated carbocycles. The van der Waals surface area contributed by atoms with E-state index in [2.05, 4.69) is 15.8 Å². The first-order valence-electron chi connectivity index (χ1n) is 7.51. The zero-order valence-electron chi connectivity index (χ0n) is 13.2. The third-order valence-corrected chi connectivity index (χ3v) is 4.01. The second kappa shape index (κ2) is 7.23. The number of nitrogens with zero attached hydrogens (tertiary/aromatic N) is 2. The van der Waals surface area contributed by atoms with E-state index in [9.17, 15) is 4.39 Å². The molecule has 0 amide bonds. The topological polar surface area (TPSA) is 41.4 Å². The van der Waals surface area contributed by atoms with Crippen molar-refractivity contribution in [3.8, 4) is 0 Å². The van der Waals surface area contributed by atoms with E-state index in [4.69, 9.17) is 12.2 Å². The van der Waals surface area contributed by atoms with Crippen LogP contribution in [0.1, 0.15) is 11.1 Å². The molecule has 0 aliphatic carbocycles. The van der Waals surface area contributed by atoms with E-state index in [0.717, 1.165) is 16.5 Å². The molecule has 2 N–H and O–H groups in total. The highest BCUT2D eigenvalue weighted by atomic mass is 32.1. The molecule has 0 spiro atoms. The lowest BCUT2D eigenvalue weighted by atomic mass is 10.2. The maximum atomic E-state index is 13.9. The summed E-state index contributed by atoms with van der Waals surface area (Å²) in [7, 11) is 1.73. The summed E-state index contributed by atoms with van der Waals surface area (Å²) < 4.78 is 16.0. The molecule has 0 unspecified atom stereocenters. The average molecular weight is 340 g/mol. The third kappa shape index (κ3) is 3.44. The molecule has 0 atom stereocenters. The number of benzene rings is 2. The Morgan fingerprint density at radius 1 is 1.21 bits per heavy atom. The highest BCUT2D eigenvalue weighted by Gasteiger charge is 2.09. The van der Waals surface area contributed by atoms with E-state index in [-0.39, 0.29) is 5.82 Å². The fourth-order valence-electron chi connectivity index (χ4n) is 2.54. The van der Waals surface area contributed by atoms with E-state index in [1.54, 1.807) is 25.4 Å². The number of para-hydroxylation sites is 1. The van der Waals surface area contributed by atoms with Gasteiger partial charge in [-0.25, -0.2) is 4.39 Å². The van der Waals surface area contributed by atoms with E-state index in [0.29, 0.717) is 17.2 Å². The summed E-state index contributed by atoms with van der Waals surface area (Å²) in [5.74, 6) is -0.202. The van der Waals surface area contributed by atoms with Gasteiger partial charge in [-0.15, -0.1) is 0 Å². The van der Waals surface area contributed by atoms with Crippen molar-refractivity contribution in [3.63, 3.8) is 0 Å². The van der Waals surface area contributed by atoms with Crippen molar-refractivity contribution < 1.29 is 4.39 Å². The zero-order valence-corrected chi connectivity index (χ0v) is 14.0. The van der Waals surface area contributed by atoms with Gasteiger partial charge in [0.2, 0.25) is 0 Å². The van der Waals surface area contributed by atoms with Gasteiger partial charge in [-0.2, -0.15) is 5.10 Å². The van der Waals surface area contributed by atoms with E-state index in [1.165, 1.54) is 6.07 Å². The van der Waals surface area contributed by atoms with Crippen LogP contribution in [0.25, 0.3) is 10.9 Å². The zero-order chi connectivity index (χ0) is 16.9. The van der Waals surface area contributed by atoms with Crippen LogP contribution in [0.4, 0.5) is 4.39 Å². The van der Waals surface area contributed by atoms with Gasteiger partial charge in [-0.05, 0) is 24.4 Å². The van der Waals surface area contributed by atoms with Gasteiger partial charge < -0.3 is 9.88 Å². The Bertz CT molecular complexity index is 901. The standard InChI is InChI=1S/C18H17FN4S/c1-20-18(24)22-21-10-14-12-23(17-9-5-3-7-15(14)17)11-13-6-2-4-8-16(13)19/h2-10,12H,11H2,1H3,(H2,20,22,24)/b21-10+. The summed E-state index contributed by atoms with van der Waals surface area (Å²) in [4.78, 5) is 0. The fourth-order valence-corrected chi connectivity index (χ4v) is 2.59. The number of thiocarbonyl (C=S) groups is 1. The number of nitrogens with one attached hydrogen (secondary N) is 2. The average Bonchev–Trinajstić information content (AvgIpc) is 2.95. The predicted octanol–water partition coefficient (Wildman–Crippen LogP) is 3.26. The second-order valence-electron chi connectivity index (χ2n) is 5.27. The van der Waals surface area contributed by atoms with Crippen LogP contribution in [0.15, 0.2) is 59.8 Å². The highest BCUT2D eigenvalue weighted by Crippen LogP contribution is 2.21. The third-order valence-electron chi connectivity index (χ3n) is 3.71. The molecule has 0 bridgehead atoms. The molecule has 3 rings (SSSR count). The number of fused-ring (bicyclic) bond motifs is 1. The van der Waals surface area contributed by atoms with Gasteiger partial charge in [0.05, 0.1) is 12.8 Å². The molecule has 0 radical (unpaired) electrons. The minimum atomic E-state index is -0.202. The Morgan fingerprint density at radius 3 is 2.75 bits per heavy atom. The molecule has 3 aromatic rings. The quantitative estimate of drug-likeness (QED) is 0.435. The van der Waals surface area contributed by atoms with Crippen molar-refractivity contribution in [1.29, 1.82) is 0 Å². The van der Waals surface area contributed by atoms with Crippen molar-refractivity contribution in [2.24, 2.45) is 5.10 Å². The van der Waals surface area contributed by atoms with Gasteiger partial charge in [0.1, 0.15) is 5.82 Å². The van der Waals surface area contributed by atoms with E-state index in [1.807, 2.05) is 41.1 Å². The number of halogens is 1. The van der Waals surface area contributed by atoms with Gasteiger partial charge in [-0.1, -0.05) is 36.4 Å². The maximum absolute atomic E-state index is 13.9. The molecule has 24 heavy (non-hydrogen) atoms. The van der Waals surface area contributed by atoms with Crippen LogP contribution in [0.3, 0.4) is 0 Å². The molecule has 6 heteroatoms. The minimum Gasteiger partial charge on any atom is -0.364 e. The molecular weight excluding hydrogens is 323 g/mol. The van der Waals surface area contributed by atoms with Crippen molar-refractivity contribution in [3.05, 3.63) is 71.7 Å². The first-order chi connectivity index (χ1) is 11.7. The summed E-state index contributed by atoms with van der Waals surface area (Å²) >= 11 is 4.99. The summed E-state index contributed by atoms with van der Waals surface area (Å²) in [6.07, 6.45) is 3.68. The van der Waals surface area contributed by atoms with Crippen LogP contribution >= 0.6 is 12.2 Å². The summed E-state index contributed by atoms with van der Waals surface area (Å²) in [5, 5.41) is 8.42. The lowest BCUT2D eigenvalue weighted by Gasteiger charge is -2.06. The van der Waals surface area contributed by atoms with Gasteiger partial charge >= 0.3 is 0 Å². The summed E-state index contributed by atoms with van der Waals surface area (Å²) in [6.45, 7) is 0.462. The van der Waals surface area contributed by atoms with Gasteiger partial charge in [0.25, 0.3) is 0 Å². The SMILES string of the molecule is CNC(=S)N/N=C/c1cn(Cc2ccccc2F)c2ccccc12. The molecule has 0 saturated heterocycles. The monoisotopic (exact) mass is 340 g/mol. The molecule has 0 fully saturated rings. The lowest BCUT2D eigenvalue weighted by molar-refractivity contribution is 0.602. The van der Waals surface area contributed by atoms with Crippen LogP contribution in [0, 0.1) is 5.82 Å². The van der Waals surface area contributed by atoms with Crippen LogP contribution in [0.5, 0.6) is 0 Å². The molecule has 2 aromatic carbocycles. The Kier molecular flexibility index (Phi) is 4.86. The Balaban J connectivity index is 1.94. The van der Waals surface area contributed by atoms with E-state index >= 15 is 0 Å². The number of hydrogen-bond acceptors (Lipinski definition) is 2. The molecular formula is C18H17FN4S. The number of rotatable bonds is 4. The van der Waals surface area contributed by atoms with Crippen molar-refractivity contribution >= 4 is 34.4 Å². The molecule has 122 valence electrons. The van der Waals surface area contributed by atoms with Crippen LogP contribution < -0.4 is 10.7 Å². The van der Waals surface area contributed by atoms with Gasteiger partial charge in [-0.3, -0.25) is 5.43 Å². The maximum Gasteiger partial charge on any atom is 0.186 e. The Labute approximate surface area is 145 Å². The number of hydrogen-bond donors (Lipinski definition) is 2. The largest absolute Gasteiger partial charge is 0.364 e. The van der Waals surface area contributed by atoms with Crippen LogP contribution in [0.2, 0.25) is 0 Å². The Hall–Kier alpha value is -2.73. The van der Waals surface area contributed by atoms with Crippen LogP contribution in [-0.4, -0.2) is 22.9 Å². The number of hydrazone groups is 1. The number of aromatic nitrogens is 1. The van der Waals surface area contributed by atoms with Crippen LogP contribution in [-0.2, 0) is 6.54 Å². The minimum absolute atomic E-state index is 0.202. The first-order valence-corrected chi connectivity index (χ1v) is 7.92. The fraction of sp³-hybridized carbons (Fsp3) is 0.111. The summed E-state index contributed by atoms with van der Waals surface area (Å²) in [6, 6.07) is 14.8. The van der Waals surface area contributed by atoms with Gasteiger partial charge in [0.15, 0.2) is 5.11 Å². The van der Waals surface area contributed by atoms with Crippen molar-refractivity contribution in [2.75, 3.05) is 7.05 Å². The van der Waals surface area contributed by atoms with E-state index < -0.39 is 0 Å². The smallest absolute Gasteiger partial charge is 0.186 e. The molecule has 0 aliphatic heterocycles. The lowest BCUT2D eigenvalue weighted by Crippen LogP contribution is -2.28. The predicted molar refractivity (Wildman–Crippen MR) is 99.8 cm³/mol. The first kappa shape index (κ1) is 16.1. The molecule has 1 aromatic heterocycles. The summed E-state index contributed by atoms with van der Waals surface area (Å²) in [5.41, 5.74) is 5.35. The van der Waals surface area contributed by atoms with Gasteiger partial charge in [0, 0.05) is 35.3 Å².